The summed E-state index contributed by atoms with van der Waals surface area (Å²) in [6.45, 7) is 5.77. The zero-order chi connectivity index (χ0) is 13.2. The van der Waals surface area contributed by atoms with Gasteiger partial charge in [0.1, 0.15) is 0 Å². The molecule has 3 nitrogen and oxygen atoms in total. The van der Waals surface area contributed by atoms with Crippen molar-refractivity contribution in [1.29, 1.82) is 0 Å². The first-order valence-electron chi connectivity index (χ1n) is 6.64. The second kappa shape index (κ2) is 6.40. The Morgan fingerprint density at radius 3 is 2.32 bits per heavy atom. The molecule has 0 radical (unpaired) electrons. The van der Waals surface area contributed by atoms with Gasteiger partial charge >= 0.3 is 0 Å². The Balaban J connectivity index is 0.00000180. The number of hydrogen-bond donors (Lipinski definition) is 2. The molecule has 0 saturated heterocycles. The molecule has 1 fully saturated rings. The number of nitrogens with two attached hydrogens (primary N) is 1. The lowest BCUT2D eigenvalue weighted by atomic mass is 9.92. The number of carbonyl (C=O) groups is 1. The van der Waals surface area contributed by atoms with E-state index in [1.165, 1.54) is 12.8 Å². The number of carbonyl (C=O) groups excluding carboxylic acids is 1. The molecule has 106 valence electrons. The first-order valence-corrected chi connectivity index (χ1v) is 6.64. The smallest absolute Gasteiger partial charge is 0.251 e. The van der Waals surface area contributed by atoms with E-state index in [1.807, 2.05) is 24.3 Å². The summed E-state index contributed by atoms with van der Waals surface area (Å²) in [5.41, 5.74) is 7.65. The third-order valence-electron chi connectivity index (χ3n) is 4.17. The Bertz CT molecular complexity index is 424. The van der Waals surface area contributed by atoms with Crippen LogP contribution in [-0.2, 0) is 6.54 Å². The van der Waals surface area contributed by atoms with Gasteiger partial charge in [-0.15, -0.1) is 12.4 Å². The van der Waals surface area contributed by atoms with Crippen molar-refractivity contribution in [3.8, 4) is 0 Å². The fraction of sp³-hybridized carbons (Fsp3) is 0.533. The highest BCUT2D eigenvalue weighted by Gasteiger charge is 2.45. The van der Waals surface area contributed by atoms with Gasteiger partial charge < -0.3 is 11.1 Å². The van der Waals surface area contributed by atoms with Gasteiger partial charge in [-0.05, 0) is 41.9 Å². The number of benzene rings is 1. The molecule has 1 aliphatic carbocycles. The maximum Gasteiger partial charge on any atom is 0.251 e. The molecule has 0 heterocycles. The molecule has 0 bridgehead atoms. The predicted molar refractivity (Wildman–Crippen MR) is 80.4 cm³/mol. The summed E-state index contributed by atoms with van der Waals surface area (Å²) in [4.78, 5) is 12.0. The molecule has 1 aromatic carbocycles. The van der Waals surface area contributed by atoms with E-state index in [0.29, 0.717) is 23.4 Å². The zero-order valence-corrected chi connectivity index (χ0v) is 12.4. The van der Waals surface area contributed by atoms with E-state index in [-0.39, 0.29) is 18.3 Å². The van der Waals surface area contributed by atoms with Gasteiger partial charge in [-0.2, -0.15) is 0 Å². The number of rotatable bonds is 5. The molecule has 0 spiro atoms. The van der Waals surface area contributed by atoms with Crippen LogP contribution < -0.4 is 11.1 Å². The summed E-state index contributed by atoms with van der Waals surface area (Å²) in [5.74, 6) is 0.655. The van der Waals surface area contributed by atoms with E-state index < -0.39 is 0 Å². The highest BCUT2D eigenvalue weighted by molar-refractivity contribution is 5.94. The molecule has 0 aliphatic heterocycles. The summed E-state index contributed by atoms with van der Waals surface area (Å²) in [7, 11) is 0. The monoisotopic (exact) mass is 282 g/mol. The summed E-state index contributed by atoms with van der Waals surface area (Å²) < 4.78 is 0. The van der Waals surface area contributed by atoms with Crippen LogP contribution in [0.2, 0.25) is 0 Å². The molecule has 4 heteroatoms. The van der Waals surface area contributed by atoms with Crippen LogP contribution in [0.15, 0.2) is 24.3 Å². The van der Waals surface area contributed by atoms with Gasteiger partial charge in [0, 0.05) is 18.7 Å². The standard InChI is InChI=1S/C15H22N2O.ClH/c1-11(2)15(7-8-15)10-17-14(18)13-5-3-12(9-16)4-6-13;/h3-6,11H,7-10,16H2,1-2H3,(H,17,18);1H. The van der Waals surface area contributed by atoms with Crippen molar-refractivity contribution in [1.82, 2.24) is 5.32 Å². The number of hydrogen-bond acceptors (Lipinski definition) is 2. The normalized spacial score (nSPS) is 15.8. The van der Waals surface area contributed by atoms with Gasteiger partial charge in [-0.1, -0.05) is 26.0 Å². The minimum Gasteiger partial charge on any atom is -0.351 e. The summed E-state index contributed by atoms with van der Waals surface area (Å²) in [6, 6.07) is 7.49. The lowest BCUT2D eigenvalue weighted by molar-refractivity contribution is 0.0940. The lowest BCUT2D eigenvalue weighted by Crippen LogP contribution is -2.32. The molecular formula is C15H23ClN2O. The second-order valence-electron chi connectivity index (χ2n) is 5.60. The van der Waals surface area contributed by atoms with Crippen LogP contribution in [-0.4, -0.2) is 12.5 Å². The average molecular weight is 283 g/mol. The van der Waals surface area contributed by atoms with Crippen molar-refractivity contribution >= 4 is 18.3 Å². The van der Waals surface area contributed by atoms with E-state index >= 15 is 0 Å². The summed E-state index contributed by atoms with van der Waals surface area (Å²) in [6.07, 6.45) is 2.47. The second-order valence-corrected chi connectivity index (χ2v) is 5.60. The molecule has 1 amide bonds. The summed E-state index contributed by atoms with van der Waals surface area (Å²) in [5, 5.41) is 3.05. The zero-order valence-electron chi connectivity index (χ0n) is 11.6. The van der Waals surface area contributed by atoms with Crippen molar-refractivity contribution in [3.05, 3.63) is 35.4 Å². The van der Waals surface area contributed by atoms with Crippen molar-refractivity contribution in [3.63, 3.8) is 0 Å². The number of amides is 1. The van der Waals surface area contributed by atoms with Crippen LogP contribution in [0.5, 0.6) is 0 Å². The topological polar surface area (TPSA) is 55.1 Å². The Hall–Kier alpha value is -1.06. The molecule has 0 aromatic heterocycles. The first kappa shape index (κ1) is 16.0. The Morgan fingerprint density at radius 1 is 1.32 bits per heavy atom. The fourth-order valence-electron chi connectivity index (χ4n) is 2.27. The Kier molecular flexibility index (Phi) is 5.39. The Morgan fingerprint density at radius 2 is 1.89 bits per heavy atom. The van der Waals surface area contributed by atoms with E-state index in [9.17, 15) is 4.79 Å². The van der Waals surface area contributed by atoms with Crippen molar-refractivity contribution in [2.75, 3.05) is 6.54 Å². The number of halogens is 1. The van der Waals surface area contributed by atoms with Gasteiger partial charge in [-0.3, -0.25) is 4.79 Å². The van der Waals surface area contributed by atoms with Crippen molar-refractivity contribution in [2.24, 2.45) is 17.1 Å². The van der Waals surface area contributed by atoms with Crippen molar-refractivity contribution < 1.29 is 4.79 Å². The van der Waals surface area contributed by atoms with Crippen LogP contribution in [0.4, 0.5) is 0 Å². The van der Waals surface area contributed by atoms with Crippen LogP contribution in [0.1, 0.15) is 42.6 Å². The maximum atomic E-state index is 12.0. The van der Waals surface area contributed by atoms with E-state index in [2.05, 4.69) is 19.2 Å². The van der Waals surface area contributed by atoms with Crippen molar-refractivity contribution in [2.45, 2.75) is 33.2 Å². The Labute approximate surface area is 121 Å². The highest BCUT2D eigenvalue weighted by atomic mass is 35.5. The molecule has 1 aliphatic rings. The molecule has 1 saturated carbocycles. The molecule has 1 aromatic rings. The molecule has 19 heavy (non-hydrogen) atoms. The maximum absolute atomic E-state index is 12.0. The van der Waals surface area contributed by atoms with Gasteiger partial charge in [0.25, 0.3) is 5.91 Å². The van der Waals surface area contributed by atoms with Gasteiger partial charge in [0.05, 0.1) is 0 Å². The SMILES string of the molecule is CC(C)C1(CNC(=O)c2ccc(CN)cc2)CC1.Cl. The molecule has 0 unspecified atom stereocenters. The van der Waals surface area contributed by atoms with Crippen LogP contribution >= 0.6 is 12.4 Å². The molecule has 0 atom stereocenters. The minimum absolute atomic E-state index is 0. The van der Waals surface area contributed by atoms with Gasteiger partial charge in [-0.25, -0.2) is 0 Å². The highest BCUT2D eigenvalue weighted by Crippen LogP contribution is 2.51. The van der Waals surface area contributed by atoms with E-state index in [1.54, 1.807) is 0 Å². The molecule has 3 N–H and O–H groups in total. The van der Waals surface area contributed by atoms with E-state index in [0.717, 1.165) is 12.1 Å². The van der Waals surface area contributed by atoms with Crippen LogP contribution in [0.3, 0.4) is 0 Å². The van der Waals surface area contributed by atoms with E-state index in [4.69, 9.17) is 5.73 Å². The van der Waals surface area contributed by atoms with Crippen LogP contribution in [0, 0.1) is 11.3 Å². The fourth-order valence-corrected chi connectivity index (χ4v) is 2.27. The quantitative estimate of drug-likeness (QED) is 0.872. The van der Waals surface area contributed by atoms with Crippen LogP contribution in [0.25, 0.3) is 0 Å². The molecular weight excluding hydrogens is 260 g/mol. The third-order valence-corrected chi connectivity index (χ3v) is 4.17. The minimum atomic E-state index is 0. The van der Waals surface area contributed by atoms with Gasteiger partial charge in [0.15, 0.2) is 0 Å². The molecule has 2 rings (SSSR count). The third kappa shape index (κ3) is 3.71. The predicted octanol–water partition coefficient (Wildman–Crippen LogP) is 2.73. The number of nitrogens with one attached hydrogen (secondary N) is 1. The first-order chi connectivity index (χ1) is 8.57. The lowest BCUT2D eigenvalue weighted by Gasteiger charge is -2.20. The van der Waals surface area contributed by atoms with Gasteiger partial charge in [0.2, 0.25) is 0 Å². The average Bonchev–Trinajstić information content (AvgIpc) is 3.17. The largest absolute Gasteiger partial charge is 0.351 e. The summed E-state index contributed by atoms with van der Waals surface area (Å²) >= 11 is 0.